The highest BCUT2D eigenvalue weighted by atomic mass is 35.5. The van der Waals surface area contributed by atoms with Crippen LogP contribution in [-0.4, -0.2) is 47.5 Å². The smallest absolute Gasteiger partial charge is 0.247 e. The molecule has 1 aliphatic heterocycles. The molecule has 7 nitrogen and oxygen atoms in total. The number of fused-ring (bicyclic) bond motifs is 1. The number of amides is 1. The third-order valence-electron chi connectivity index (χ3n) is 6.74. The minimum atomic E-state index is -0.502. The number of hydrogen-bond donors (Lipinski definition) is 2. The van der Waals surface area contributed by atoms with Crippen LogP contribution in [0, 0.1) is 17.2 Å². The van der Waals surface area contributed by atoms with E-state index in [-0.39, 0.29) is 10.9 Å². The number of nitrogens with zero attached hydrogens (tertiary/aromatic N) is 3. The maximum absolute atomic E-state index is 13.5. The first-order valence-electron chi connectivity index (χ1n) is 11.1. The van der Waals surface area contributed by atoms with Gasteiger partial charge in [0.25, 0.3) is 0 Å². The number of benzene rings is 2. The molecule has 2 atom stereocenters. The van der Waals surface area contributed by atoms with E-state index in [2.05, 4.69) is 39.1 Å². The molecule has 1 aliphatic carbocycles. The summed E-state index contributed by atoms with van der Waals surface area (Å²) in [5, 5.41) is 6.64. The molecule has 3 aromatic rings. The van der Waals surface area contributed by atoms with Crippen LogP contribution in [0.25, 0.3) is 10.9 Å². The molecule has 2 aromatic carbocycles. The molecule has 1 saturated heterocycles. The molecule has 2 aliphatic rings. The second-order valence-corrected chi connectivity index (χ2v) is 9.50. The van der Waals surface area contributed by atoms with E-state index in [0.29, 0.717) is 51.8 Å². The Labute approximate surface area is 202 Å². The third kappa shape index (κ3) is 4.43. The predicted molar refractivity (Wildman–Crippen MR) is 131 cm³/mol. The van der Waals surface area contributed by atoms with Gasteiger partial charge in [-0.05, 0) is 62.2 Å². The molecular weight excluding hydrogens is 457 g/mol. The van der Waals surface area contributed by atoms with Gasteiger partial charge in [-0.2, -0.15) is 0 Å². The standard InChI is InChI=1S/C25H25ClFN5O2/c1-3-23(33)31-21-9-17-20(10-22(21)34-12-15-11-25(15)6-7-32(2)13-25)28-14-29-24(17)30-16-4-5-19(27)18(26)8-16/h3-5,8-10,14-15H,1,6-7,11-13H2,2H3,(H,31,33)(H,28,29,30). The molecule has 2 unspecified atom stereocenters. The number of carbonyl (C=O) groups is 1. The molecule has 1 spiro atoms. The highest BCUT2D eigenvalue weighted by Crippen LogP contribution is 2.58. The number of nitrogens with one attached hydrogen (secondary N) is 2. The Morgan fingerprint density at radius 2 is 2.24 bits per heavy atom. The summed E-state index contributed by atoms with van der Waals surface area (Å²) in [5.74, 6) is 0.690. The van der Waals surface area contributed by atoms with Gasteiger partial charge >= 0.3 is 0 Å². The van der Waals surface area contributed by atoms with E-state index in [1.165, 1.54) is 31.0 Å². The van der Waals surface area contributed by atoms with Crippen LogP contribution in [0.5, 0.6) is 5.75 Å². The van der Waals surface area contributed by atoms with Gasteiger partial charge in [-0.1, -0.05) is 18.2 Å². The molecule has 1 amide bonds. The summed E-state index contributed by atoms with van der Waals surface area (Å²) < 4.78 is 19.8. The fourth-order valence-electron chi connectivity index (χ4n) is 4.76. The minimum Gasteiger partial charge on any atom is -0.491 e. The Morgan fingerprint density at radius 1 is 1.38 bits per heavy atom. The Morgan fingerprint density at radius 3 is 2.97 bits per heavy atom. The molecule has 2 N–H and O–H groups in total. The van der Waals surface area contributed by atoms with Gasteiger partial charge < -0.3 is 20.3 Å². The lowest BCUT2D eigenvalue weighted by Crippen LogP contribution is -2.17. The van der Waals surface area contributed by atoms with Crippen LogP contribution < -0.4 is 15.4 Å². The average molecular weight is 482 g/mol. The zero-order valence-corrected chi connectivity index (χ0v) is 19.5. The van der Waals surface area contributed by atoms with Gasteiger partial charge in [-0.3, -0.25) is 4.79 Å². The van der Waals surface area contributed by atoms with Crippen molar-refractivity contribution in [2.24, 2.45) is 11.3 Å². The van der Waals surface area contributed by atoms with Crippen molar-refractivity contribution in [2.45, 2.75) is 12.8 Å². The van der Waals surface area contributed by atoms with Crippen LogP contribution >= 0.6 is 11.6 Å². The Balaban J connectivity index is 1.43. The summed E-state index contributed by atoms with van der Waals surface area (Å²) in [5.41, 5.74) is 2.09. The van der Waals surface area contributed by atoms with E-state index < -0.39 is 5.82 Å². The third-order valence-corrected chi connectivity index (χ3v) is 7.03. The quantitative estimate of drug-likeness (QED) is 0.462. The largest absolute Gasteiger partial charge is 0.491 e. The van der Waals surface area contributed by atoms with Crippen LogP contribution in [-0.2, 0) is 4.79 Å². The van der Waals surface area contributed by atoms with Crippen molar-refractivity contribution in [1.82, 2.24) is 14.9 Å². The van der Waals surface area contributed by atoms with E-state index in [0.717, 1.165) is 19.5 Å². The number of rotatable bonds is 7. The average Bonchev–Trinajstić information content (AvgIpc) is 3.36. The molecule has 176 valence electrons. The summed E-state index contributed by atoms with van der Waals surface area (Å²) in [6, 6.07) is 7.90. The van der Waals surface area contributed by atoms with Crippen LogP contribution in [0.3, 0.4) is 0 Å². The molecular formula is C25H25ClFN5O2. The van der Waals surface area contributed by atoms with Gasteiger partial charge in [0.15, 0.2) is 0 Å². The van der Waals surface area contributed by atoms with Crippen molar-refractivity contribution in [3.63, 3.8) is 0 Å². The molecule has 1 saturated carbocycles. The normalized spacial score (nSPS) is 21.6. The number of likely N-dealkylation sites (tertiary alicyclic amines) is 1. The zero-order chi connectivity index (χ0) is 23.9. The second kappa shape index (κ2) is 8.85. The van der Waals surface area contributed by atoms with E-state index in [1.54, 1.807) is 18.2 Å². The molecule has 2 heterocycles. The Bertz CT molecular complexity index is 1290. The number of anilines is 3. The first-order valence-corrected chi connectivity index (χ1v) is 11.5. The fraction of sp³-hybridized carbons (Fsp3) is 0.320. The monoisotopic (exact) mass is 481 g/mol. The van der Waals surface area contributed by atoms with E-state index in [4.69, 9.17) is 16.3 Å². The number of carbonyl (C=O) groups excluding carboxylic acids is 1. The molecule has 2 fully saturated rings. The number of ether oxygens (including phenoxy) is 1. The highest BCUT2D eigenvalue weighted by molar-refractivity contribution is 6.31. The van der Waals surface area contributed by atoms with Gasteiger partial charge in [-0.15, -0.1) is 0 Å². The number of aromatic nitrogens is 2. The summed E-state index contributed by atoms with van der Waals surface area (Å²) >= 11 is 5.91. The van der Waals surface area contributed by atoms with E-state index >= 15 is 0 Å². The first kappa shape index (κ1) is 22.6. The van der Waals surface area contributed by atoms with Crippen LogP contribution in [0.1, 0.15) is 12.8 Å². The lowest BCUT2D eigenvalue weighted by Gasteiger charge is -2.16. The summed E-state index contributed by atoms with van der Waals surface area (Å²) in [6.07, 6.45) is 5.01. The van der Waals surface area contributed by atoms with E-state index in [9.17, 15) is 9.18 Å². The van der Waals surface area contributed by atoms with Crippen molar-refractivity contribution in [1.29, 1.82) is 0 Å². The van der Waals surface area contributed by atoms with Gasteiger partial charge in [0, 0.05) is 29.6 Å². The van der Waals surface area contributed by atoms with Gasteiger partial charge in [0.05, 0.1) is 22.8 Å². The Kier molecular flexibility index (Phi) is 5.87. The lowest BCUT2D eigenvalue weighted by atomic mass is 10.0. The predicted octanol–water partition coefficient (Wildman–Crippen LogP) is 5.01. The first-order chi connectivity index (χ1) is 16.4. The molecule has 34 heavy (non-hydrogen) atoms. The number of hydrogen-bond acceptors (Lipinski definition) is 6. The van der Waals surface area contributed by atoms with Gasteiger partial charge in [0.1, 0.15) is 23.7 Å². The highest BCUT2D eigenvalue weighted by Gasteiger charge is 2.56. The van der Waals surface area contributed by atoms with Crippen molar-refractivity contribution in [3.8, 4) is 5.75 Å². The van der Waals surface area contributed by atoms with E-state index in [1.807, 2.05) is 0 Å². The maximum atomic E-state index is 13.5. The summed E-state index contributed by atoms with van der Waals surface area (Å²) in [4.78, 5) is 23.2. The maximum Gasteiger partial charge on any atom is 0.247 e. The van der Waals surface area contributed by atoms with Crippen molar-refractivity contribution < 1.29 is 13.9 Å². The number of halogens is 2. The summed E-state index contributed by atoms with van der Waals surface area (Å²) in [7, 11) is 2.16. The minimum absolute atomic E-state index is 0.00397. The molecule has 0 radical (unpaired) electrons. The zero-order valence-electron chi connectivity index (χ0n) is 18.8. The SMILES string of the molecule is C=CC(=O)Nc1cc2c(Nc3ccc(F)c(Cl)c3)ncnc2cc1OCC1CC12CCN(C)C2. The molecule has 9 heteroatoms. The summed E-state index contributed by atoms with van der Waals surface area (Å²) in [6.45, 7) is 6.35. The Hall–Kier alpha value is -3.23. The molecule has 1 aromatic heterocycles. The van der Waals surface area contributed by atoms with Crippen molar-refractivity contribution in [2.75, 3.05) is 37.4 Å². The molecule has 5 rings (SSSR count). The fourth-order valence-corrected chi connectivity index (χ4v) is 4.94. The van der Waals surface area contributed by atoms with Crippen LogP contribution in [0.2, 0.25) is 5.02 Å². The van der Waals surface area contributed by atoms with Crippen molar-refractivity contribution in [3.05, 3.63) is 60.2 Å². The van der Waals surface area contributed by atoms with Gasteiger partial charge in [0.2, 0.25) is 5.91 Å². The van der Waals surface area contributed by atoms with Gasteiger partial charge in [-0.25, -0.2) is 14.4 Å². The van der Waals surface area contributed by atoms with Crippen LogP contribution in [0.15, 0.2) is 49.3 Å². The molecule has 0 bridgehead atoms. The lowest BCUT2D eigenvalue weighted by molar-refractivity contribution is -0.111. The van der Waals surface area contributed by atoms with Crippen LogP contribution in [0.4, 0.5) is 21.6 Å². The van der Waals surface area contributed by atoms with Crippen molar-refractivity contribution >= 4 is 45.6 Å². The topological polar surface area (TPSA) is 79.4 Å². The second-order valence-electron chi connectivity index (χ2n) is 9.10.